The molecule has 0 atom stereocenters. The maximum absolute atomic E-state index is 10.7. The van der Waals surface area contributed by atoms with Crippen molar-refractivity contribution >= 4 is 11.4 Å². The van der Waals surface area contributed by atoms with E-state index < -0.39 is 4.92 Å². The first-order valence-corrected chi connectivity index (χ1v) is 5.77. The molecule has 20 heavy (non-hydrogen) atoms. The highest BCUT2D eigenvalue weighted by atomic mass is 16.6. The fourth-order valence-electron chi connectivity index (χ4n) is 1.67. The maximum Gasteiger partial charge on any atom is 0.275 e. The number of anilines is 1. The number of nitriles is 1. The first kappa shape index (κ1) is 13.4. The number of hydrogen-bond donors (Lipinski definition) is 1. The highest BCUT2D eigenvalue weighted by molar-refractivity contribution is 5.54. The minimum Gasteiger partial charge on any atom is -0.457 e. The van der Waals surface area contributed by atoms with Gasteiger partial charge in [-0.25, -0.2) is 0 Å². The van der Waals surface area contributed by atoms with Gasteiger partial charge in [-0.2, -0.15) is 5.26 Å². The summed E-state index contributed by atoms with van der Waals surface area (Å²) in [6.07, 6.45) is 0.323. The van der Waals surface area contributed by atoms with Gasteiger partial charge in [-0.3, -0.25) is 10.1 Å². The maximum atomic E-state index is 10.7. The van der Waals surface area contributed by atoms with Crippen molar-refractivity contribution in [3.8, 4) is 17.6 Å². The summed E-state index contributed by atoms with van der Waals surface area (Å²) in [7, 11) is 0. The van der Waals surface area contributed by atoms with Gasteiger partial charge in [0.15, 0.2) is 0 Å². The van der Waals surface area contributed by atoms with E-state index in [0.29, 0.717) is 17.9 Å². The third-order valence-corrected chi connectivity index (χ3v) is 2.57. The molecule has 2 N–H and O–H groups in total. The largest absolute Gasteiger partial charge is 0.457 e. The molecule has 0 aliphatic heterocycles. The van der Waals surface area contributed by atoms with Crippen LogP contribution in [-0.2, 0) is 6.42 Å². The van der Waals surface area contributed by atoms with Crippen LogP contribution in [0.4, 0.5) is 11.4 Å². The van der Waals surface area contributed by atoms with Crippen molar-refractivity contribution < 1.29 is 9.66 Å². The third kappa shape index (κ3) is 3.23. The molecule has 0 bridgehead atoms. The van der Waals surface area contributed by atoms with Gasteiger partial charge in [-0.15, -0.1) is 0 Å². The lowest BCUT2D eigenvalue weighted by molar-refractivity contribution is -0.384. The van der Waals surface area contributed by atoms with Crippen LogP contribution in [0.25, 0.3) is 0 Å². The van der Waals surface area contributed by atoms with Crippen LogP contribution < -0.4 is 10.5 Å². The highest BCUT2D eigenvalue weighted by Crippen LogP contribution is 2.28. The molecule has 100 valence electrons. The van der Waals surface area contributed by atoms with Crippen molar-refractivity contribution in [3.63, 3.8) is 0 Å². The van der Waals surface area contributed by atoms with Crippen LogP contribution in [0.5, 0.6) is 11.5 Å². The van der Waals surface area contributed by atoms with Crippen molar-refractivity contribution in [2.45, 2.75) is 6.42 Å². The number of nitrogens with zero attached hydrogens (tertiary/aromatic N) is 2. The number of nitro benzene ring substituents is 1. The summed E-state index contributed by atoms with van der Waals surface area (Å²) in [5.74, 6) is 0.816. The Hall–Kier alpha value is -3.07. The number of nitrogens with two attached hydrogens (primary N) is 1. The molecule has 2 aromatic rings. The van der Waals surface area contributed by atoms with Crippen molar-refractivity contribution in [2.75, 3.05) is 5.73 Å². The minimum absolute atomic E-state index is 0.124. The Balaban J connectivity index is 2.21. The predicted octanol–water partition coefficient (Wildman–Crippen LogP) is 3.04. The zero-order valence-corrected chi connectivity index (χ0v) is 10.4. The molecule has 0 aromatic heterocycles. The summed E-state index contributed by atoms with van der Waals surface area (Å²) in [4.78, 5) is 10.2. The van der Waals surface area contributed by atoms with E-state index in [2.05, 4.69) is 0 Å². The first-order chi connectivity index (χ1) is 9.58. The Bertz CT molecular complexity index is 675. The molecule has 0 aliphatic carbocycles. The third-order valence-electron chi connectivity index (χ3n) is 2.57. The lowest BCUT2D eigenvalue weighted by atomic mass is 10.2. The first-order valence-electron chi connectivity index (χ1n) is 5.77. The van der Waals surface area contributed by atoms with E-state index in [1.165, 1.54) is 18.2 Å². The second-order valence-electron chi connectivity index (χ2n) is 4.10. The van der Waals surface area contributed by atoms with E-state index in [0.717, 1.165) is 5.56 Å². The molecule has 0 radical (unpaired) electrons. The molecule has 2 rings (SSSR count). The second kappa shape index (κ2) is 5.71. The van der Waals surface area contributed by atoms with Crippen molar-refractivity contribution in [1.82, 2.24) is 0 Å². The van der Waals surface area contributed by atoms with Crippen molar-refractivity contribution in [3.05, 3.63) is 58.1 Å². The quantitative estimate of drug-likeness (QED) is 0.522. The van der Waals surface area contributed by atoms with Gasteiger partial charge in [0.05, 0.1) is 23.5 Å². The number of benzene rings is 2. The van der Waals surface area contributed by atoms with E-state index in [1.54, 1.807) is 24.3 Å². The molecule has 0 unspecified atom stereocenters. The lowest BCUT2D eigenvalue weighted by Crippen LogP contribution is -1.93. The topological polar surface area (TPSA) is 102 Å². The number of hydrogen-bond acceptors (Lipinski definition) is 5. The molecule has 0 aliphatic rings. The molecular weight excluding hydrogens is 258 g/mol. The van der Waals surface area contributed by atoms with E-state index >= 15 is 0 Å². The smallest absolute Gasteiger partial charge is 0.275 e. The fraction of sp³-hybridized carbons (Fsp3) is 0.0714. The number of nitro groups is 1. The van der Waals surface area contributed by atoms with Crippen LogP contribution in [-0.4, -0.2) is 4.92 Å². The van der Waals surface area contributed by atoms with E-state index in [-0.39, 0.29) is 11.4 Å². The van der Waals surface area contributed by atoms with Gasteiger partial charge in [0.2, 0.25) is 0 Å². The van der Waals surface area contributed by atoms with Crippen LogP contribution in [0.15, 0.2) is 42.5 Å². The molecule has 0 heterocycles. The molecule has 6 heteroatoms. The van der Waals surface area contributed by atoms with Crippen LogP contribution in [0.2, 0.25) is 0 Å². The van der Waals surface area contributed by atoms with Gasteiger partial charge in [-0.05, 0) is 17.7 Å². The van der Waals surface area contributed by atoms with E-state index in [9.17, 15) is 10.1 Å². The fourth-order valence-corrected chi connectivity index (χ4v) is 1.67. The summed E-state index contributed by atoms with van der Waals surface area (Å²) in [6, 6.07) is 13.0. The molecule has 0 saturated heterocycles. The summed E-state index contributed by atoms with van der Waals surface area (Å²) >= 11 is 0. The lowest BCUT2D eigenvalue weighted by Gasteiger charge is -2.07. The molecule has 0 fully saturated rings. The van der Waals surface area contributed by atoms with Gasteiger partial charge in [0.25, 0.3) is 5.69 Å². The Kier molecular flexibility index (Phi) is 3.82. The Morgan fingerprint density at radius 1 is 1.20 bits per heavy atom. The van der Waals surface area contributed by atoms with E-state index in [1.807, 2.05) is 6.07 Å². The Morgan fingerprint density at radius 3 is 2.50 bits per heavy atom. The van der Waals surface area contributed by atoms with Gasteiger partial charge in [0.1, 0.15) is 11.5 Å². The molecule has 0 amide bonds. The van der Waals surface area contributed by atoms with Gasteiger partial charge in [0, 0.05) is 17.8 Å². The summed E-state index contributed by atoms with van der Waals surface area (Å²) < 4.78 is 5.52. The molecule has 2 aromatic carbocycles. The monoisotopic (exact) mass is 269 g/mol. The van der Waals surface area contributed by atoms with Crippen molar-refractivity contribution in [1.29, 1.82) is 5.26 Å². The van der Waals surface area contributed by atoms with Gasteiger partial charge in [-0.1, -0.05) is 12.1 Å². The highest BCUT2D eigenvalue weighted by Gasteiger charge is 2.09. The number of non-ortho nitro benzene ring substituents is 1. The van der Waals surface area contributed by atoms with Crippen LogP contribution in [0.3, 0.4) is 0 Å². The summed E-state index contributed by atoms with van der Waals surface area (Å²) in [5, 5.41) is 19.3. The standard InChI is InChI=1S/C14H11N3O3/c15-6-5-10-1-3-13(4-2-10)20-14-8-11(16)7-12(9-14)17(18)19/h1-4,7-9H,5,16H2. The normalized spacial score (nSPS) is 9.75. The average Bonchev–Trinajstić information content (AvgIpc) is 2.40. The Morgan fingerprint density at radius 2 is 1.90 bits per heavy atom. The van der Waals surface area contributed by atoms with Gasteiger partial charge >= 0.3 is 0 Å². The van der Waals surface area contributed by atoms with Crippen LogP contribution in [0, 0.1) is 21.4 Å². The molecule has 0 saturated carbocycles. The van der Waals surface area contributed by atoms with E-state index in [4.69, 9.17) is 15.7 Å². The van der Waals surface area contributed by atoms with Gasteiger partial charge < -0.3 is 10.5 Å². The Labute approximate surface area is 115 Å². The van der Waals surface area contributed by atoms with Crippen molar-refractivity contribution in [2.24, 2.45) is 0 Å². The summed E-state index contributed by atoms with van der Waals surface area (Å²) in [6.45, 7) is 0. The van der Waals surface area contributed by atoms with Crippen LogP contribution >= 0.6 is 0 Å². The zero-order valence-electron chi connectivity index (χ0n) is 10.4. The minimum atomic E-state index is -0.529. The summed E-state index contributed by atoms with van der Waals surface area (Å²) in [5.41, 5.74) is 6.60. The average molecular weight is 269 g/mol. The predicted molar refractivity (Wildman–Crippen MR) is 73.3 cm³/mol. The van der Waals surface area contributed by atoms with Crippen LogP contribution in [0.1, 0.15) is 5.56 Å². The SMILES string of the molecule is N#CCc1ccc(Oc2cc(N)cc([N+](=O)[O-])c2)cc1. The molecule has 0 spiro atoms. The number of ether oxygens (including phenoxy) is 1. The molecule has 6 nitrogen and oxygen atoms in total. The molecular formula is C14H11N3O3. The number of rotatable bonds is 4. The second-order valence-corrected chi connectivity index (χ2v) is 4.10. The zero-order chi connectivity index (χ0) is 14.5. The number of nitrogen functional groups attached to an aromatic ring is 1.